The summed E-state index contributed by atoms with van der Waals surface area (Å²) in [5, 5.41) is 13.6. The number of hydrogen-bond acceptors (Lipinski definition) is 5. The Bertz CT molecular complexity index is 1120. The lowest BCUT2D eigenvalue weighted by molar-refractivity contribution is -0.384. The number of amides is 1. The molecule has 3 aromatic carbocycles. The first-order valence-corrected chi connectivity index (χ1v) is 9.55. The Morgan fingerprint density at radius 1 is 1.00 bits per heavy atom. The smallest absolute Gasteiger partial charge is 0.331 e. The molecule has 1 N–H and O–H groups in total. The van der Waals surface area contributed by atoms with Gasteiger partial charge in [-0.25, -0.2) is 4.79 Å². The van der Waals surface area contributed by atoms with Crippen LogP contribution in [0, 0.1) is 10.1 Å². The topological polar surface area (TPSA) is 98.5 Å². The molecule has 7 nitrogen and oxygen atoms in total. The van der Waals surface area contributed by atoms with Gasteiger partial charge in [-0.2, -0.15) is 0 Å². The van der Waals surface area contributed by atoms with Crippen LogP contribution in [-0.4, -0.2) is 16.8 Å². The van der Waals surface area contributed by atoms with E-state index >= 15 is 0 Å². The largest absolute Gasteiger partial charge is 0.444 e. The standard InChI is InChI=1S/C23H17ClN2O5/c24-19-13-12-18(15-20(19)26(29)30)25-23(28)22(17-9-5-2-6-10-17)31-21(27)14-11-16-7-3-1-4-8-16/h1-15,22H,(H,25,28)/b14-11+. The molecular formula is C23H17ClN2O5. The summed E-state index contributed by atoms with van der Waals surface area (Å²) < 4.78 is 5.40. The number of anilines is 1. The molecule has 8 heteroatoms. The van der Waals surface area contributed by atoms with E-state index in [0.29, 0.717) is 5.56 Å². The van der Waals surface area contributed by atoms with E-state index in [1.54, 1.807) is 36.4 Å². The summed E-state index contributed by atoms with van der Waals surface area (Å²) in [7, 11) is 0. The van der Waals surface area contributed by atoms with Crippen LogP contribution in [0.1, 0.15) is 17.2 Å². The van der Waals surface area contributed by atoms with E-state index in [9.17, 15) is 19.7 Å². The fourth-order valence-electron chi connectivity index (χ4n) is 2.72. The van der Waals surface area contributed by atoms with Crippen LogP contribution < -0.4 is 5.32 Å². The summed E-state index contributed by atoms with van der Waals surface area (Å²) in [4.78, 5) is 35.7. The van der Waals surface area contributed by atoms with Gasteiger partial charge in [0.2, 0.25) is 6.10 Å². The second kappa shape index (κ2) is 10.2. The number of halogens is 1. The van der Waals surface area contributed by atoms with Crippen molar-refractivity contribution < 1.29 is 19.2 Å². The SMILES string of the molecule is O=C(/C=C/c1ccccc1)OC(C(=O)Nc1ccc(Cl)c([N+](=O)[O-])c1)c1ccccc1. The highest BCUT2D eigenvalue weighted by molar-refractivity contribution is 6.32. The quantitative estimate of drug-likeness (QED) is 0.238. The lowest BCUT2D eigenvalue weighted by Crippen LogP contribution is -2.25. The monoisotopic (exact) mass is 436 g/mol. The van der Waals surface area contributed by atoms with Crippen LogP contribution in [0.25, 0.3) is 6.08 Å². The summed E-state index contributed by atoms with van der Waals surface area (Å²) in [6.07, 6.45) is 1.54. The fraction of sp³-hybridized carbons (Fsp3) is 0.0435. The van der Waals surface area contributed by atoms with Crippen LogP contribution in [-0.2, 0) is 14.3 Å². The second-order valence-corrected chi connectivity index (χ2v) is 6.79. The Hall–Kier alpha value is -3.97. The molecule has 1 atom stereocenters. The van der Waals surface area contributed by atoms with Crippen molar-refractivity contribution in [3.05, 3.63) is 111 Å². The first kappa shape index (κ1) is 21.7. The van der Waals surface area contributed by atoms with E-state index in [1.807, 2.05) is 30.3 Å². The number of hydrogen-bond donors (Lipinski definition) is 1. The number of nitrogens with zero attached hydrogens (tertiary/aromatic N) is 1. The molecule has 0 saturated heterocycles. The Balaban J connectivity index is 1.80. The van der Waals surface area contributed by atoms with Gasteiger partial charge in [0.15, 0.2) is 0 Å². The van der Waals surface area contributed by atoms with Crippen LogP contribution in [0.5, 0.6) is 0 Å². The maximum atomic E-state index is 12.9. The number of carbonyl (C=O) groups excluding carboxylic acids is 2. The second-order valence-electron chi connectivity index (χ2n) is 6.38. The number of nitrogens with one attached hydrogen (secondary N) is 1. The van der Waals surface area contributed by atoms with Crippen LogP contribution in [0.4, 0.5) is 11.4 Å². The number of ether oxygens (including phenoxy) is 1. The molecule has 156 valence electrons. The predicted molar refractivity (Wildman–Crippen MR) is 117 cm³/mol. The molecule has 1 unspecified atom stereocenters. The fourth-order valence-corrected chi connectivity index (χ4v) is 2.91. The third-order valence-corrected chi connectivity index (χ3v) is 4.52. The summed E-state index contributed by atoms with van der Waals surface area (Å²) in [5.74, 6) is -1.38. The van der Waals surface area contributed by atoms with Crippen LogP contribution in [0.15, 0.2) is 84.9 Å². The summed E-state index contributed by atoms with van der Waals surface area (Å²) in [6.45, 7) is 0. The molecule has 0 fully saturated rings. The lowest BCUT2D eigenvalue weighted by atomic mass is 10.1. The zero-order valence-electron chi connectivity index (χ0n) is 16.1. The predicted octanol–water partition coefficient (Wildman–Crippen LogP) is 5.18. The Morgan fingerprint density at radius 2 is 1.65 bits per heavy atom. The molecule has 31 heavy (non-hydrogen) atoms. The normalized spacial score (nSPS) is 11.6. The van der Waals surface area contributed by atoms with Crippen molar-refractivity contribution in [1.29, 1.82) is 0 Å². The summed E-state index contributed by atoms with van der Waals surface area (Å²) in [5.41, 5.74) is 1.05. The average molecular weight is 437 g/mol. The van der Waals surface area contributed by atoms with Crippen molar-refractivity contribution in [2.45, 2.75) is 6.10 Å². The summed E-state index contributed by atoms with van der Waals surface area (Å²) >= 11 is 5.81. The molecule has 0 aliphatic heterocycles. The van der Waals surface area contributed by atoms with E-state index in [0.717, 1.165) is 11.6 Å². The Labute approximate surface area is 183 Å². The van der Waals surface area contributed by atoms with Gasteiger partial charge >= 0.3 is 5.97 Å². The van der Waals surface area contributed by atoms with E-state index in [2.05, 4.69) is 5.32 Å². The molecule has 0 heterocycles. The zero-order valence-corrected chi connectivity index (χ0v) is 16.9. The zero-order chi connectivity index (χ0) is 22.2. The number of benzene rings is 3. The molecule has 0 radical (unpaired) electrons. The van der Waals surface area contributed by atoms with E-state index in [-0.39, 0.29) is 16.4 Å². The minimum Gasteiger partial charge on any atom is -0.444 e. The molecule has 0 spiro atoms. The molecule has 0 aromatic heterocycles. The summed E-state index contributed by atoms with van der Waals surface area (Å²) in [6, 6.07) is 21.5. The van der Waals surface area contributed by atoms with Crippen molar-refractivity contribution in [1.82, 2.24) is 0 Å². The number of carbonyl (C=O) groups is 2. The van der Waals surface area contributed by atoms with Crippen molar-refractivity contribution in [2.24, 2.45) is 0 Å². The van der Waals surface area contributed by atoms with Gasteiger partial charge in [0.25, 0.3) is 11.6 Å². The van der Waals surface area contributed by atoms with Gasteiger partial charge in [0, 0.05) is 23.4 Å². The van der Waals surface area contributed by atoms with Crippen LogP contribution in [0.2, 0.25) is 5.02 Å². The number of nitro groups is 1. The molecular weight excluding hydrogens is 420 g/mol. The molecule has 0 bridgehead atoms. The number of rotatable bonds is 7. The number of nitro benzene ring substituents is 1. The lowest BCUT2D eigenvalue weighted by Gasteiger charge is -2.17. The first-order valence-electron chi connectivity index (χ1n) is 9.17. The van der Waals surface area contributed by atoms with Gasteiger partial charge < -0.3 is 10.1 Å². The molecule has 0 aliphatic carbocycles. The highest BCUT2D eigenvalue weighted by Gasteiger charge is 2.25. The maximum Gasteiger partial charge on any atom is 0.331 e. The highest BCUT2D eigenvalue weighted by atomic mass is 35.5. The number of esters is 1. The van der Waals surface area contributed by atoms with E-state index in [1.165, 1.54) is 18.2 Å². The molecule has 3 rings (SSSR count). The molecule has 0 saturated carbocycles. The molecule has 3 aromatic rings. The van der Waals surface area contributed by atoms with Crippen LogP contribution >= 0.6 is 11.6 Å². The third kappa shape index (κ3) is 6.01. The van der Waals surface area contributed by atoms with Crippen molar-refractivity contribution in [3.63, 3.8) is 0 Å². The highest BCUT2D eigenvalue weighted by Crippen LogP contribution is 2.28. The van der Waals surface area contributed by atoms with Crippen molar-refractivity contribution in [3.8, 4) is 0 Å². The van der Waals surface area contributed by atoms with Crippen molar-refractivity contribution in [2.75, 3.05) is 5.32 Å². The minimum atomic E-state index is -1.26. The Morgan fingerprint density at radius 3 is 2.29 bits per heavy atom. The van der Waals surface area contributed by atoms with Crippen LogP contribution in [0.3, 0.4) is 0 Å². The average Bonchev–Trinajstić information content (AvgIpc) is 2.78. The maximum absolute atomic E-state index is 12.9. The first-order chi connectivity index (χ1) is 14.9. The third-order valence-electron chi connectivity index (χ3n) is 4.20. The van der Waals surface area contributed by atoms with E-state index in [4.69, 9.17) is 16.3 Å². The van der Waals surface area contributed by atoms with Gasteiger partial charge in [-0.05, 0) is 23.8 Å². The van der Waals surface area contributed by atoms with Gasteiger partial charge in [-0.3, -0.25) is 14.9 Å². The van der Waals surface area contributed by atoms with Gasteiger partial charge in [-0.15, -0.1) is 0 Å². The molecule has 1 amide bonds. The minimum absolute atomic E-state index is 0.0555. The molecule has 0 aliphatic rings. The van der Waals surface area contributed by atoms with Gasteiger partial charge in [-0.1, -0.05) is 72.3 Å². The van der Waals surface area contributed by atoms with Crippen molar-refractivity contribution >= 4 is 40.9 Å². The Kier molecular flexibility index (Phi) is 7.13. The van der Waals surface area contributed by atoms with Gasteiger partial charge in [0.1, 0.15) is 5.02 Å². The van der Waals surface area contributed by atoms with Gasteiger partial charge in [0.05, 0.1) is 4.92 Å². The van der Waals surface area contributed by atoms with E-state index < -0.39 is 22.9 Å².